The number of nitrogens with zero attached hydrogens (tertiary/aromatic N) is 3. The zero-order chi connectivity index (χ0) is 29.9. The molecular formula is C32H22Cl2N4O5. The molecule has 0 unspecified atom stereocenters. The van der Waals surface area contributed by atoms with Crippen LogP contribution in [0, 0.1) is 0 Å². The van der Waals surface area contributed by atoms with Crippen LogP contribution in [0.2, 0.25) is 10.0 Å². The molecule has 9 nitrogen and oxygen atoms in total. The van der Waals surface area contributed by atoms with Crippen molar-refractivity contribution in [2.24, 2.45) is 5.10 Å². The molecule has 214 valence electrons. The van der Waals surface area contributed by atoms with Gasteiger partial charge in [-0.1, -0.05) is 53.5 Å². The maximum Gasteiger partial charge on any atom is 0.282 e. The van der Waals surface area contributed by atoms with Crippen LogP contribution in [-0.2, 0) is 4.79 Å². The molecule has 0 bridgehead atoms. The third kappa shape index (κ3) is 5.94. The van der Waals surface area contributed by atoms with Gasteiger partial charge in [-0.05, 0) is 66.2 Å². The third-order valence-corrected chi connectivity index (χ3v) is 6.95. The van der Waals surface area contributed by atoms with Crippen molar-refractivity contribution in [1.29, 1.82) is 0 Å². The summed E-state index contributed by atoms with van der Waals surface area (Å²) in [5, 5.41) is 9.09. The minimum absolute atomic E-state index is 0.187. The first-order valence-electron chi connectivity index (χ1n) is 13.0. The van der Waals surface area contributed by atoms with Gasteiger partial charge in [0.15, 0.2) is 23.9 Å². The molecule has 0 aliphatic rings. The van der Waals surface area contributed by atoms with Crippen LogP contribution in [0.15, 0.2) is 105 Å². The van der Waals surface area contributed by atoms with Crippen molar-refractivity contribution >= 4 is 62.9 Å². The number of amides is 1. The first kappa shape index (κ1) is 28.0. The Morgan fingerprint density at radius 2 is 1.81 bits per heavy atom. The van der Waals surface area contributed by atoms with E-state index in [4.69, 9.17) is 37.1 Å². The van der Waals surface area contributed by atoms with E-state index in [-0.39, 0.29) is 34.9 Å². The molecule has 0 fully saturated rings. The first-order chi connectivity index (χ1) is 20.9. The number of halogens is 2. The molecule has 2 aromatic heterocycles. The SMILES string of the molecule is COc1cc(C=Nn2c(-c3cc4cc(Cl)ccc4o3)nc3ccccc3c2=O)cc(Cl)c1OCC(=O)Nc1ccccc1. The lowest BCUT2D eigenvalue weighted by molar-refractivity contribution is -0.118. The molecule has 0 aliphatic carbocycles. The van der Waals surface area contributed by atoms with E-state index in [0.717, 1.165) is 5.39 Å². The summed E-state index contributed by atoms with van der Waals surface area (Å²) in [6.07, 6.45) is 1.45. The van der Waals surface area contributed by atoms with Crippen molar-refractivity contribution in [3.05, 3.63) is 117 Å². The van der Waals surface area contributed by atoms with Crippen LogP contribution in [0.4, 0.5) is 5.69 Å². The number of fused-ring (bicyclic) bond motifs is 2. The van der Waals surface area contributed by atoms with Gasteiger partial charge in [-0.2, -0.15) is 9.78 Å². The minimum Gasteiger partial charge on any atom is -0.493 e. The molecule has 2 heterocycles. The summed E-state index contributed by atoms with van der Waals surface area (Å²) < 4.78 is 18.4. The van der Waals surface area contributed by atoms with Crippen LogP contribution in [0.5, 0.6) is 11.5 Å². The fraction of sp³-hybridized carbons (Fsp3) is 0.0625. The Bertz CT molecular complexity index is 2070. The summed E-state index contributed by atoms with van der Waals surface area (Å²) in [6, 6.07) is 26.2. The molecule has 1 amide bonds. The summed E-state index contributed by atoms with van der Waals surface area (Å²) in [5.74, 6) is 0.647. The normalized spacial score (nSPS) is 11.3. The highest BCUT2D eigenvalue weighted by Crippen LogP contribution is 2.36. The molecule has 4 aromatic carbocycles. The predicted molar refractivity (Wildman–Crippen MR) is 168 cm³/mol. The average molecular weight is 613 g/mol. The van der Waals surface area contributed by atoms with Gasteiger partial charge in [-0.15, -0.1) is 0 Å². The molecule has 6 aromatic rings. The zero-order valence-electron chi connectivity index (χ0n) is 22.6. The number of hydrogen-bond acceptors (Lipinski definition) is 7. The Balaban J connectivity index is 1.33. The van der Waals surface area contributed by atoms with Gasteiger partial charge >= 0.3 is 0 Å². The maximum absolute atomic E-state index is 13.6. The molecule has 0 saturated carbocycles. The van der Waals surface area contributed by atoms with E-state index in [0.29, 0.717) is 38.5 Å². The largest absolute Gasteiger partial charge is 0.493 e. The molecule has 1 N–H and O–H groups in total. The predicted octanol–water partition coefficient (Wildman–Crippen LogP) is 7.02. The van der Waals surface area contributed by atoms with Crippen molar-refractivity contribution in [3.8, 4) is 23.1 Å². The fourth-order valence-electron chi connectivity index (χ4n) is 4.45. The Hall–Kier alpha value is -5.12. The van der Waals surface area contributed by atoms with Crippen LogP contribution in [0.25, 0.3) is 33.5 Å². The van der Waals surface area contributed by atoms with Gasteiger partial charge < -0.3 is 19.2 Å². The quantitative estimate of drug-likeness (QED) is 0.185. The number of benzene rings is 4. The summed E-state index contributed by atoms with van der Waals surface area (Å²) in [7, 11) is 1.45. The van der Waals surface area contributed by atoms with Gasteiger partial charge in [-0.3, -0.25) is 9.59 Å². The highest BCUT2D eigenvalue weighted by molar-refractivity contribution is 6.32. The van der Waals surface area contributed by atoms with Gasteiger partial charge in [0.05, 0.1) is 29.2 Å². The van der Waals surface area contributed by atoms with Gasteiger partial charge in [0, 0.05) is 16.1 Å². The Kier molecular flexibility index (Phi) is 7.83. The number of carbonyl (C=O) groups is 1. The van der Waals surface area contributed by atoms with Crippen molar-refractivity contribution in [1.82, 2.24) is 9.66 Å². The number of carbonyl (C=O) groups excluding carboxylic acids is 1. The van der Waals surface area contributed by atoms with E-state index >= 15 is 0 Å². The number of hydrogen-bond donors (Lipinski definition) is 1. The van der Waals surface area contributed by atoms with Gasteiger partial charge in [0.25, 0.3) is 11.5 Å². The molecule has 11 heteroatoms. The number of methoxy groups -OCH3 is 1. The topological polar surface area (TPSA) is 108 Å². The number of aromatic nitrogens is 2. The smallest absolute Gasteiger partial charge is 0.282 e. The van der Waals surface area contributed by atoms with Crippen molar-refractivity contribution < 1.29 is 18.7 Å². The lowest BCUT2D eigenvalue weighted by atomic mass is 10.2. The number of para-hydroxylation sites is 2. The van der Waals surface area contributed by atoms with Crippen LogP contribution in [0.3, 0.4) is 0 Å². The summed E-state index contributed by atoms with van der Waals surface area (Å²) in [5.41, 5.74) is 1.84. The molecule has 0 atom stereocenters. The fourth-order valence-corrected chi connectivity index (χ4v) is 4.90. The number of anilines is 1. The van der Waals surface area contributed by atoms with Crippen molar-refractivity contribution in [2.75, 3.05) is 19.0 Å². The molecule has 6 rings (SSSR count). The average Bonchev–Trinajstić information content (AvgIpc) is 3.43. The Labute approximate surface area is 254 Å². The first-order valence-corrected chi connectivity index (χ1v) is 13.8. The van der Waals surface area contributed by atoms with Gasteiger partial charge in [-0.25, -0.2) is 4.98 Å². The summed E-state index contributed by atoms with van der Waals surface area (Å²) in [4.78, 5) is 30.6. The molecular weight excluding hydrogens is 591 g/mol. The van der Waals surface area contributed by atoms with Crippen LogP contribution >= 0.6 is 23.2 Å². The summed E-state index contributed by atoms with van der Waals surface area (Å²) >= 11 is 12.7. The third-order valence-electron chi connectivity index (χ3n) is 6.43. The van der Waals surface area contributed by atoms with E-state index in [2.05, 4.69) is 15.4 Å². The second-order valence-corrected chi connectivity index (χ2v) is 10.2. The van der Waals surface area contributed by atoms with Crippen molar-refractivity contribution in [2.45, 2.75) is 0 Å². The maximum atomic E-state index is 13.6. The lowest BCUT2D eigenvalue weighted by Gasteiger charge is -2.13. The van der Waals surface area contributed by atoms with Gasteiger partial charge in [0.1, 0.15) is 5.58 Å². The molecule has 0 radical (unpaired) electrons. The van der Waals surface area contributed by atoms with E-state index in [1.807, 2.05) is 18.2 Å². The van der Waals surface area contributed by atoms with Crippen LogP contribution in [0.1, 0.15) is 5.56 Å². The lowest BCUT2D eigenvalue weighted by Crippen LogP contribution is -2.20. The zero-order valence-corrected chi connectivity index (χ0v) is 24.1. The minimum atomic E-state index is -0.391. The van der Waals surface area contributed by atoms with Crippen LogP contribution in [-0.4, -0.2) is 35.5 Å². The Morgan fingerprint density at radius 1 is 1.02 bits per heavy atom. The van der Waals surface area contributed by atoms with E-state index in [9.17, 15) is 9.59 Å². The second-order valence-electron chi connectivity index (χ2n) is 9.34. The van der Waals surface area contributed by atoms with E-state index < -0.39 is 5.56 Å². The number of rotatable bonds is 8. The van der Waals surface area contributed by atoms with Crippen molar-refractivity contribution in [3.63, 3.8) is 0 Å². The molecule has 0 spiro atoms. The highest BCUT2D eigenvalue weighted by atomic mass is 35.5. The standard InChI is InChI=1S/C32H22Cl2N4O5/c1-41-27-14-19(13-24(34)30(27)42-18-29(39)36-22-7-3-2-4-8-22)17-35-38-31(37-25-10-6-5-9-23(25)32(38)40)28-16-20-15-21(33)11-12-26(20)43-28/h2-17H,18H2,1H3,(H,36,39). The van der Waals surface area contributed by atoms with E-state index in [1.54, 1.807) is 72.8 Å². The molecule has 43 heavy (non-hydrogen) atoms. The Morgan fingerprint density at radius 3 is 2.63 bits per heavy atom. The second kappa shape index (κ2) is 12.0. The van der Waals surface area contributed by atoms with Crippen LogP contribution < -0.4 is 20.3 Å². The van der Waals surface area contributed by atoms with Gasteiger partial charge in [0.2, 0.25) is 5.82 Å². The number of ether oxygens (including phenoxy) is 2. The molecule has 0 saturated heterocycles. The number of nitrogens with one attached hydrogen (secondary N) is 1. The number of furan rings is 1. The highest BCUT2D eigenvalue weighted by Gasteiger charge is 2.18. The molecule has 0 aliphatic heterocycles. The summed E-state index contributed by atoms with van der Waals surface area (Å²) in [6.45, 7) is -0.289. The monoisotopic (exact) mass is 612 g/mol. The van der Waals surface area contributed by atoms with E-state index in [1.165, 1.54) is 18.0 Å².